The summed E-state index contributed by atoms with van der Waals surface area (Å²) in [6.07, 6.45) is 9.12. The van der Waals surface area contributed by atoms with Gasteiger partial charge in [0.05, 0.1) is 0 Å². The van der Waals surface area contributed by atoms with Gasteiger partial charge in [-0.05, 0) is 125 Å². The number of nitrogens with zero attached hydrogens (tertiary/aromatic N) is 2. The van der Waals surface area contributed by atoms with E-state index in [4.69, 9.17) is 11.5 Å². The highest BCUT2D eigenvalue weighted by molar-refractivity contribution is 6.45. The SMILES string of the molecule is CB(O)NC1(c2ccccc2)CCNCC1.NC1(c2ccccc2)CCN(C(=O)c2ccc(Nc3ccncc3)cc2)CC1.NC1(c2ccccc2)CCNCC1. The van der Waals surface area contributed by atoms with E-state index in [1.807, 2.05) is 71.6 Å². The summed E-state index contributed by atoms with van der Waals surface area (Å²) in [5, 5.41) is 22.9. The van der Waals surface area contributed by atoms with Crippen LogP contribution >= 0.6 is 0 Å². The smallest absolute Gasteiger partial charge is 0.374 e. The summed E-state index contributed by atoms with van der Waals surface area (Å²) in [7, 11) is -0.474. The van der Waals surface area contributed by atoms with Crippen molar-refractivity contribution < 1.29 is 9.82 Å². The molecule has 57 heavy (non-hydrogen) atoms. The molecule has 0 saturated carbocycles. The molecule has 3 aliphatic heterocycles. The molecule has 298 valence electrons. The van der Waals surface area contributed by atoms with Crippen molar-refractivity contribution in [3.8, 4) is 0 Å². The Morgan fingerprint density at radius 3 is 1.56 bits per heavy atom. The van der Waals surface area contributed by atoms with E-state index in [-0.39, 0.29) is 22.5 Å². The minimum Gasteiger partial charge on any atom is -0.437 e. The van der Waals surface area contributed by atoms with Crippen molar-refractivity contribution in [3.05, 3.63) is 162 Å². The van der Waals surface area contributed by atoms with Gasteiger partial charge in [-0.15, -0.1) is 0 Å². The van der Waals surface area contributed by atoms with Crippen molar-refractivity contribution in [2.24, 2.45) is 11.5 Å². The number of nitrogens with one attached hydrogen (secondary N) is 4. The van der Waals surface area contributed by atoms with E-state index in [2.05, 4.69) is 86.8 Å². The van der Waals surface area contributed by atoms with Crippen molar-refractivity contribution in [1.82, 2.24) is 25.7 Å². The zero-order valence-corrected chi connectivity index (χ0v) is 33.2. The van der Waals surface area contributed by atoms with Crippen LogP contribution in [0, 0.1) is 0 Å². The lowest BCUT2D eigenvalue weighted by Gasteiger charge is -2.40. The van der Waals surface area contributed by atoms with Crippen LogP contribution in [0.25, 0.3) is 0 Å². The van der Waals surface area contributed by atoms with E-state index in [1.165, 1.54) is 11.1 Å². The Bertz CT molecular complexity index is 1920. The average molecular weight is 767 g/mol. The van der Waals surface area contributed by atoms with Gasteiger partial charge >= 0.3 is 7.05 Å². The van der Waals surface area contributed by atoms with E-state index < -0.39 is 7.05 Å². The third-order valence-corrected chi connectivity index (χ3v) is 11.5. The molecule has 9 N–H and O–H groups in total. The van der Waals surface area contributed by atoms with Gasteiger partial charge in [-0.2, -0.15) is 0 Å². The number of rotatable bonds is 8. The van der Waals surface area contributed by atoms with Gasteiger partial charge in [0.25, 0.3) is 5.91 Å². The highest BCUT2D eigenvalue weighted by atomic mass is 16.2. The highest BCUT2D eigenvalue weighted by Crippen LogP contribution is 2.32. The Labute approximate surface area is 339 Å². The molecule has 4 aromatic carbocycles. The maximum Gasteiger partial charge on any atom is 0.374 e. The van der Waals surface area contributed by atoms with Crippen molar-refractivity contribution in [2.75, 3.05) is 44.6 Å². The number of carbonyl (C=O) groups is 1. The van der Waals surface area contributed by atoms with Gasteiger partial charge in [0.1, 0.15) is 0 Å². The second kappa shape index (κ2) is 20.0. The fourth-order valence-corrected chi connectivity index (χ4v) is 8.11. The number of hydrogen-bond acceptors (Lipinski definition) is 9. The second-order valence-electron chi connectivity index (χ2n) is 15.5. The van der Waals surface area contributed by atoms with Gasteiger partial charge in [0, 0.05) is 59.0 Å². The minimum atomic E-state index is -0.474. The molecular weight excluding hydrogens is 707 g/mol. The minimum absolute atomic E-state index is 0.0607. The Morgan fingerprint density at radius 1 is 0.632 bits per heavy atom. The Kier molecular flexibility index (Phi) is 14.7. The first-order chi connectivity index (χ1) is 27.7. The molecule has 8 rings (SSSR count). The van der Waals surface area contributed by atoms with Gasteiger partial charge in [-0.1, -0.05) is 91.0 Å². The van der Waals surface area contributed by atoms with Crippen LogP contribution in [-0.2, 0) is 16.6 Å². The lowest BCUT2D eigenvalue weighted by molar-refractivity contribution is 0.0669. The Balaban J connectivity index is 0.000000160. The third-order valence-electron chi connectivity index (χ3n) is 11.5. The van der Waals surface area contributed by atoms with E-state index in [0.29, 0.717) is 18.7 Å². The summed E-state index contributed by atoms with van der Waals surface area (Å²) < 4.78 is 0. The standard InChI is InChI=1S/C23H24N4O.C12H19BN2O.C11H16N2/c24-23(19-4-2-1-3-5-19)12-16-27(17-13-23)22(28)18-6-8-20(9-7-18)26-21-10-14-25-15-11-21;1-13(16)15-12(7-9-14-10-8-12)11-5-3-2-4-6-11;12-11(6-8-13-9-7-11)10-4-2-1-3-5-10/h1-11,14-15H,12-13,16-17,24H2,(H,25,26);2-6,14-16H,7-10H2,1H3;1-5,13H,6-9,12H2. The van der Waals surface area contributed by atoms with Crippen LogP contribution in [0.3, 0.4) is 0 Å². The highest BCUT2D eigenvalue weighted by Gasteiger charge is 2.36. The molecule has 11 heteroatoms. The molecule has 1 aromatic heterocycles. The van der Waals surface area contributed by atoms with Crippen molar-refractivity contribution in [3.63, 3.8) is 0 Å². The predicted molar refractivity (Wildman–Crippen MR) is 233 cm³/mol. The number of piperidine rings is 3. The number of aromatic nitrogens is 1. The zero-order valence-electron chi connectivity index (χ0n) is 33.2. The second-order valence-corrected chi connectivity index (χ2v) is 15.5. The van der Waals surface area contributed by atoms with Crippen LogP contribution in [0.5, 0.6) is 0 Å². The van der Waals surface area contributed by atoms with E-state index >= 15 is 0 Å². The molecule has 0 unspecified atom stereocenters. The quantitative estimate of drug-likeness (QED) is 0.0929. The fourth-order valence-electron chi connectivity index (χ4n) is 8.11. The number of benzene rings is 4. The number of amides is 1. The first kappa shape index (κ1) is 41.8. The number of carbonyl (C=O) groups excluding carboxylic acids is 1. The van der Waals surface area contributed by atoms with E-state index in [0.717, 1.165) is 81.6 Å². The maximum absolute atomic E-state index is 12.9. The number of anilines is 2. The normalized spacial score (nSPS) is 18.1. The van der Waals surface area contributed by atoms with Crippen LogP contribution in [-0.4, -0.2) is 67.1 Å². The number of likely N-dealkylation sites (tertiary alicyclic amines) is 1. The molecule has 0 atom stereocenters. The first-order valence-corrected chi connectivity index (χ1v) is 20.4. The summed E-state index contributed by atoms with van der Waals surface area (Å²) in [6, 6.07) is 42.4. The lowest BCUT2D eigenvalue weighted by Crippen LogP contribution is -2.54. The number of hydrogen-bond donors (Lipinski definition) is 7. The van der Waals surface area contributed by atoms with E-state index in [9.17, 15) is 9.82 Å². The van der Waals surface area contributed by atoms with E-state index in [1.54, 1.807) is 19.2 Å². The molecule has 0 aliphatic carbocycles. The molecule has 0 radical (unpaired) electrons. The van der Waals surface area contributed by atoms with Crippen molar-refractivity contribution in [1.29, 1.82) is 0 Å². The van der Waals surface area contributed by atoms with Gasteiger partial charge in [0.15, 0.2) is 0 Å². The van der Waals surface area contributed by atoms with Gasteiger partial charge in [0.2, 0.25) is 0 Å². The maximum atomic E-state index is 12.9. The number of nitrogens with two attached hydrogens (primary N) is 2. The fraction of sp³-hybridized carbons (Fsp3) is 0.348. The zero-order chi connectivity index (χ0) is 40.0. The molecule has 0 spiro atoms. The van der Waals surface area contributed by atoms with Crippen molar-refractivity contribution in [2.45, 2.75) is 62.0 Å². The van der Waals surface area contributed by atoms with Crippen LogP contribution in [0.15, 0.2) is 140 Å². The van der Waals surface area contributed by atoms with Gasteiger partial charge in [-0.3, -0.25) is 9.78 Å². The largest absolute Gasteiger partial charge is 0.437 e. The van der Waals surface area contributed by atoms with Crippen LogP contribution in [0.2, 0.25) is 6.82 Å². The van der Waals surface area contributed by atoms with Crippen molar-refractivity contribution >= 4 is 24.3 Å². The molecule has 10 nitrogen and oxygen atoms in total. The summed E-state index contributed by atoms with van der Waals surface area (Å²) in [5.41, 5.74) is 18.7. The molecule has 0 bridgehead atoms. The summed E-state index contributed by atoms with van der Waals surface area (Å²) in [4.78, 5) is 18.8. The monoisotopic (exact) mass is 766 g/mol. The lowest BCUT2D eigenvalue weighted by atomic mass is 9.74. The molecule has 5 aromatic rings. The molecule has 3 fully saturated rings. The third kappa shape index (κ3) is 11.4. The molecule has 1 amide bonds. The van der Waals surface area contributed by atoms with Crippen LogP contribution in [0.1, 0.15) is 65.6 Å². The topological polar surface area (TPSA) is 154 Å². The summed E-state index contributed by atoms with van der Waals surface area (Å²) in [6.45, 7) is 7.18. The Hall–Kier alpha value is -4.88. The van der Waals surface area contributed by atoms with Crippen LogP contribution < -0.4 is 32.6 Å². The summed E-state index contributed by atoms with van der Waals surface area (Å²) in [5.74, 6) is 0.0607. The molecule has 3 aliphatic rings. The average Bonchev–Trinajstić information content (AvgIpc) is 3.26. The number of pyridine rings is 1. The van der Waals surface area contributed by atoms with Gasteiger partial charge < -0.3 is 42.6 Å². The summed E-state index contributed by atoms with van der Waals surface area (Å²) >= 11 is 0. The van der Waals surface area contributed by atoms with Gasteiger partial charge in [-0.25, -0.2) is 0 Å². The van der Waals surface area contributed by atoms with Crippen LogP contribution in [0.4, 0.5) is 11.4 Å². The predicted octanol–water partition coefficient (Wildman–Crippen LogP) is 6.10. The molecule has 4 heterocycles. The Morgan fingerprint density at radius 2 is 1.07 bits per heavy atom. The molecule has 3 saturated heterocycles. The first-order valence-electron chi connectivity index (χ1n) is 20.4. The molecular formula is C46H59BN8O2.